The molecule has 273 valence electrons. The van der Waals surface area contributed by atoms with E-state index in [9.17, 15) is 9.90 Å². The third-order valence-electron chi connectivity index (χ3n) is 10.6. The molecule has 0 unspecified atom stereocenters. The number of hydrogen-bond donors (Lipinski definition) is 1. The second-order valence-electron chi connectivity index (χ2n) is 16.0. The number of rotatable bonds is 10. The van der Waals surface area contributed by atoms with E-state index in [2.05, 4.69) is 95.3 Å². The van der Waals surface area contributed by atoms with Crippen molar-refractivity contribution in [1.82, 2.24) is 4.98 Å². The monoisotopic (exact) mass is 863 g/mol. The Morgan fingerprint density at radius 2 is 1.57 bits per heavy atom. The van der Waals surface area contributed by atoms with Crippen LogP contribution in [0.3, 0.4) is 0 Å². The molecule has 1 aromatic heterocycles. The molecule has 1 aliphatic heterocycles. The van der Waals surface area contributed by atoms with E-state index < -0.39 is 0 Å². The van der Waals surface area contributed by atoms with E-state index in [0.29, 0.717) is 5.92 Å². The van der Waals surface area contributed by atoms with Gasteiger partial charge in [0.1, 0.15) is 11.5 Å². The minimum atomic E-state index is -0.248. The molecule has 0 amide bonds. The van der Waals surface area contributed by atoms with Crippen molar-refractivity contribution in [3.05, 3.63) is 89.8 Å². The smallest absolute Gasteiger partial charge is 0.162 e. The minimum Gasteiger partial charge on any atom is -0.512 e. The quantitative estimate of drug-likeness (QED) is 0.0645. The Labute approximate surface area is 319 Å². The summed E-state index contributed by atoms with van der Waals surface area (Å²) in [5, 5.41) is 17.2. The van der Waals surface area contributed by atoms with Crippen molar-refractivity contribution in [3.8, 4) is 22.8 Å². The summed E-state index contributed by atoms with van der Waals surface area (Å²) in [4.78, 5) is 16.7. The first kappa shape index (κ1) is 40.2. The summed E-state index contributed by atoms with van der Waals surface area (Å²) in [6, 6.07) is 23.3. The fourth-order valence-corrected chi connectivity index (χ4v) is 7.19. The van der Waals surface area contributed by atoms with Crippen LogP contribution in [0.4, 0.5) is 0 Å². The van der Waals surface area contributed by atoms with Crippen LogP contribution in [-0.4, -0.2) is 15.9 Å². The van der Waals surface area contributed by atoms with Gasteiger partial charge in [-0.3, -0.25) is 9.78 Å². The normalized spacial score (nSPS) is 12.8. The van der Waals surface area contributed by atoms with E-state index in [-0.39, 0.29) is 48.4 Å². The molecule has 0 spiro atoms. The van der Waals surface area contributed by atoms with Gasteiger partial charge in [-0.15, -0.1) is 17.5 Å². The molecule has 1 aliphatic rings. The van der Waals surface area contributed by atoms with E-state index in [0.717, 1.165) is 72.1 Å². The molecule has 2 heterocycles. The fourth-order valence-electron chi connectivity index (χ4n) is 7.19. The summed E-state index contributed by atoms with van der Waals surface area (Å²) < 4.78 is 6.83. The predicted octanol–water partition coefficient (Wildman–Crippen LogP) is 13.2. The SMILES string of the molecule is CC(C)Cc1cccc2c1cc1c3c(nccc32)-c2[c-]c3ccccc3c(CC(C)(C)C)c2O1.CCC(CC)C(=O)/C=C(\O)C(C)(CC)CC.[Ir]. The number of pyridine rings is 1. The van der Waals surface area contributed by atoms with Gasteiger partial charge in [-0.2, -0.15) is 0 Å². The number of ether oxygens (including phenoxy) is 1. The zero-order valence-electron chi connectivity index (χ0n) is 32.3. The van der Waals surface area contributed by atoms with Crippen molar-refractivity contribution >= 4 is 38.1 Å². The van der Waals surface area contributed by atoms with E-state index in [1.165, 1.54) is 38.7 Å². The number of allylic oxidation sites excluding steroid dienone is 2. The van der Waals surface area contributed by atoms with Gasteiger partial charge < -0.3 is 9.84 Å². The number of aromatic nitrogens is 1. The average Bonchev–Trinajstić information content (AvgIpc) is 3.08. The molecule has 4 aromatic carbocycles. The van der Waals surface area contributed by atoms with Gasteiger partial charge in [0, 0.05) is 54.8 Å². The van der Waals surface area contributed by atoms with Gasteiger partial charge in [0.25, 0.3) is 0 Å². The molecule has 0 saturated carbocycles. The molecule has 0 saturated heterocycles. The third-order valence-corrected chi connectivity index (χ3v) is 10.6. The first-order valence-electron chi connectivity index (χ1n) is 18.7. The number of benzene rings is 4. The molecule has 0 fully saturated rings. The predicted molar refractivity (Wildman–Crippen MR) is 211 cm³/mol. The number of fused-ring (bicyclic) bond motifs is 5. The first-order valence-corrected chi connectivity index (χ1v) is 18.7. The van der Waals surface area contributed by atoms with Gasteiger partial charge in [-0.05, 0) is 83.7 Å². The van der Waals surface area contributed by atoms with Gasteiger partial charge >= 0.3 is 0 Å². The summed E-state index contributed by atoms with van der Waals surface area (Å²) in [5.41, 5.74) is 4.45. The summed E-state index contributed by atoms with van der Waals surface area (Å²) >= 11 is 0. The molecule has 51 heavy (non-hydrogen) atoms. The molecular weight excluding hydrogens is 807 g/mol. The Kier molecular flexibility index (Phi) is 13.0. The van der Waals surface area contributed by atoms with Crippen LogP contribution < -0.4 is 4.74 Å². The second kappa shape index (κ2) is 16.4. The molecule has 0 aliphatic carbocycles. The number of nitrogens with zero attached hydrogens (tertiary/aromatic N) is 1. The Hall–Kier alpha value is -3.53. The summed E-state index contributed by atoms with van der Waals surface area (Å²) in [6.07, 6.45) is 8.74. The summed E-state index contributed by atoms with van der Waals surface area (Å²) in [5.74, 6) is 2.78. The second-order valence-corrected chi connectivity index (χ2v) is 16.0. The van der Waals surface area contributed by atoms with Crippen LogP contribution in [-0.2, 0) is 37.7 Å². The van der Waals surface area contributed by atoms with Crippen molar-refractivity contribution in [2.45, 2.75) is 108 Å². The van der Waals surface area contributed by atoms with Crippen molar-refractivity contribution in [1.29, 1.82) is 0 Å². The van der Waals surface area contributed by atoms with Gasteiger partial charge in [-0.1, -0.05) is 122 Å². The van der Waals surface area contributed by atoms with Gasteiger partial charge in [0.05, 0.1) is 5.75 Å². The molecule has 5 aromatic rings. The van der Waals surface area contributed by atoms with Crippen LogP contribution in [0.15, 0.2) is 72.6 Å². The molecule has 0 atom stereocenters. The maximum atomic E-state index is 11.9. The zero-order valence-corrected chi connectivity index (χ0v) is 34.7. The zero-order chi connectivity index (χ0) is 36.4. The van der Waals surface area contributed by atoms with E-state index in [1.807, 2.05) is 40.8 Å². The number of carbonyl (C=O) groups excluding carboxylic acids is 1. The molecule has 4 nitrogen and oxygen atoms in total. The number of carbonyl (C=O) groups is 1. The molecule has 6 rings (SSSR count). The molecule has 0 bridgehead atoms. The number of hydrogen-bond acceptors (Lipinski definition) is 4. The fraction of sp³-hybridized carbons (Fsp3) is 0.435. The van der Waals surface area contributed by atoms with Crippen LogP contribution in [0.5, 0.6) is 11.5 Å². The number of aliphatic hydroxyl groups is 1. The van der Waals surface area contributed by atoms with Crippen molar-refractivity contribution in [2.75, 3.05) is 0 Å². The summed E-state index contributed by atoms with van der Waals surface area (Å²) in [6.45, 7) is 21.5. The summed E-state index contributed by atoms with van der Waals surface area (Å²) in [7, 11) is 0. The van der Waals surface area contributed by atoms with E-state index in [4.69, 9.17) is 9.72 Å². The maximum absolute atomic E-state index is 11.9. The maximum Gasteiger partial charge on any atom is 0.162 e. The Morgan fingerprint density at radius 3 is 2.20 bits per heavy atom. The van der Waals surface area contributed by atoms with Crippen molar-refractivity contribution in [2.24, 2.45) is 22.7 Å². The average molecular weight is 863 g/mol. The van der Waals surface area contributed by atoms with Crippen LogP contribution in [0.1, 0.15) is 106 Å². The van der Waals surface area contributed by atoms with Crippen LogP contribution >= 0.6 is 0 Å². The first-order chi connectivity index (χ1) is 23.7. The largest absolute Gasteiger partial charge is 0.512 e. The Balaban J connectivity index is 0.000000294. The minimum absolute atomic E-state index is 0. The topological polar surface area (TPSA) is 59.4 Å². The Bertz CT molecular complexity index is 2040. The van der Waals surface area contributed by atoms with Gasteiger partial charge in [0.2, 0.25) is 0 Å². The Morgan fingerprint density at radius 1 is 0.902 bits per heavy atom. The third kappa shape index (κ3) is 8.42. The van der Waals surface area contributed by atoms with Crippen LogP contribution in [0.25, 0.3) is 43.6 Å². The molecule has 5 heteroatoms. The standard InChI is InChI=1S/C32H30NO.C14H26O2.Ir/c1-19(2)15-20-10-8-12-23-24-13-14-33-30-26-16-21-9-6-7-11-22(21)27(18-32(3,4)5)31(26)34-28(29(24)30)17-25(20)23;1-6-11(7-2)12(15)10-13(16)14(5,8-3)9-4;/h6-14,17,19H,15,18H2,1-5H3;10-11,16H,6-9H2,1-5H3;/q-1;;/b;13-10-;. The molecule has 1 radical (unpaired) electrons. The molecule has 1 N–H and O–H groups in total. The van der Waals surface area contributed by atoms with Crippen molar-refractivity contribution in [3.63, 3.8) is 0 Å². The van der Waals surface area contributed by atoms with Gasteiger partial charge in [-0.25, -0.2) is 0 Å². The van der Waals surface area contributed by atoms with Crippen LogP contribution in [0, 0.1) is 28.7 Å². The van der Waals surface area contributed by atoms with Gasteiger partial charge in [0.15, 0.2) is 5.78 Å². The van der Waals surface area contributed by atoms with Crippen molar-refractivity contribution < 1.29 is 34.7 Å². The number of ketones is 1. The van der Waals surface area contributed by atoms with E-state index in [1.54, 1.807) is 0 Å². The van der Waals surface area contributed by atoms with E-state index >= 15 is 0 Å². The van der Waals surface area contributed by atoms with Crippen LogP contribution in [0.2, 0.25) is 0 Å². The number of aliphatic hydroxyl groups excluding tert-OH is 1. The molecular formula is C46H56IrNO3-.